The molecule has 0 aliphatic carbocycles. The molecule has 0 spiro atoms. The van der Waals surface area contributed by atoms with Crippen molar-refractivity contribution >= 4 is 46.1 Å². The van der Waals surface area contributed by atoms with Crippen LogP contribution in [0.2, 0.25) is 0 Å². The molecule has 0 radical (unpaired) electrons. The Kier molecular flexibility index (Phi) is 6.89. The van der Waals surface area contributed by atoms with Crippen molar-refractivity contribution in [2.75, 3.05) is 35.6 Å². The Morgan fingerprint density at radius 3 is 2.56 bits per heavy atom. The van der Waals surface area contributed by atoms with Crippen LogP contribution in [0.1, 0.15) is 37.0 Å². The molecule has 32 heavy (non-hydrogen) atoms. The fourth-order valence-electron chi connectivity index (χ4n) is 3.73. The van der Waals surface area contributed by atoms with Gasteiger partial charge >= 0.3 is 0 Å². The zero-order valence-electron chi connectivity index (χ0n) is 18.3. The molecular weight excluding hydrogens is 426 g/mol. The molecule has 0 saturated carbocycles. The van der Waals surface area contributed by atoms with Gasteiger partial charge in [-0.05, 0) is 42.9 Å². The van der Waals surface area contributed by atoms with E-state index in [0.717, 1.165) is 40.9 Å². The summed E-state index contributed by atoms with van der Waals surface area (Å²) in [5, 5.41) is 11.8. The first kappa shape index (κ1) is 22.1. The number of anilines is 2. The number of rotatable bonds is 8. The molecule has 2 aromatic heterocycles. The summed E-state index contributed by atoms with van der Waals surface area (Å²) in [6.07, 6.45) is 4.17. The maximum Gasteiger partial charge on any atom is 0.251 e. The Morgan fingerprint density at radius 2 is 1.88 bits per heavy atom. The van der Waals surface area contributed by atoms with Crippen molar-refractivity contribution < 1.29 is 9.59 Å². The molecule has 1 aliphatic heterocycles. The quantitative estimate of drug-likeness (QED) is 0.399. The van der Waals surface area contributed by atoms with Gasteiger partial charge in [0.05, 0.1) is 18.1 Å². The molecule has 2 N–H and O–H groups in total. The highest BCUT2D eigenvalue weighted by Gasteiger charge is 2.20. The molecule has 3 aromatic rings. The third-order valence-electron chi connectivity index (χ3n) is 5.21. The lowest BCUT2D eigenvalue weighted by Gasteiger charge is -2.17. The summed E-state index contributed by atoms with van der Waals surface area (Å²) >= 11 is 1.62. The number of amides is 2. The average molecular weight is 454 g/mol. The lowest BCUT2D eigenvalue weighted by Crippen LogP contribution is -2.27. The van der Waals surface area contributed by atoms with Crippen molar-refractivity contribution in [3.63, 3.8) is 0 Å². The number of hydrogen-bond donors (Lipinski definition) is 2. The molecule has 1 aromatic carbocycles. The van der Waals surface area contributed by atoms with Crippen LogP contribution in [-0.4, -0.2) is 56.9 Å². The van der Waals surface area contributed by atoms with Crippen LogP contribution < -0.4 is 15.5 Å². The number of carbonyl (C=O) groups excluding carboxylic acids is 2. The molecule has 0 bridgehead atoms. The van der Waals surface area contributed by atoms with Gasteiger partial charge in [-0.2, -0.15) is 5.10 Å². The second-order valence-corrected chi connectivity index (χ2v) is 8.81. The zero-order chi connectivity index (χ0) is 22.5. The predicted octanol–water partition coefficient (Wildman–Crippen LogP) is 2.93. The van der Waals surface area contributed by atoms with Crippen LogP contribution in [-0.2, 0) is 11.3 Å². The average Bonchev–Trinajstić information content (AvgIpc) is 3.44. The molecule has 1 fully saturated rings. The monoisotopic (exact) mass is 453 g/mol. The second kappa shape index (κ2) is 9.99. The standard InChI is InChI=1S/C22H27N7O2S/c1-3-32-22-26-19(28-11-4-5-12-28)18-14-24-29(20(18)27-22)13-10-23-21(31)16-6-8-17(9-7-16)25-15(2)30/h6-9,14H,3-5,10-13H2,1-2H3,(H,23,31)(H,25,30). The first-order chi connectivity index (χ1) is 15.5. The van der Waals surface area contributed by atoms with Gasteiger partial charge in [-0.15, -0.1) is 0 Å². The second-order valence-electron chi connectivity index (χ2n) is 7.58. The Hall–Kier alpha value is -3.14. The number of benzene rings is 1. The first-order valence-electron chi connectivity index (χ1n) is 10.8. The van der Waals surface area contributed by atoms with Gasteiger partial charge in [-0.25, -0.2) is 14.6 Å². The molecule has 9 nitrogen and oxygen atoms in total. The molecule has 168 valence electrons. The first-order valence-corrected chi connectivity index (χ1v) is 11.8. The van der Waals surface area contributed by atoms with Gasteiger partial charge in [-0.3, -0.25) is 9.59 Å². The van der Waals surface area contributed by atoms with Gasteiger partial charge in [-0.1, -0.05) is 18.7 Å². The van der Waals surface area contributed by atoms with Crippen molar-refractivity contribution in [1.29, 1.82) is 0 Å². The number of hydrogen-bond acceptors (Lipinski definition) is 7. The largest absolute Gasteiger partial charge is 0.356 e. The predicted molar refractivity (Wildman–Crippen MR) is 126 cm³/mol. The van der Waals surface area contributed by atoms with Crippen LogP contribution in [0.4, 0.5) is 11.5 Å². The third-order valence-corrected chi connectivity index (χ3v) is 5.94. The summed E-state index contributed by atoms with van der Waals surface area (Å²) in [6, 6.07) is 6.80. The van der Waals surface area contributed by atoms with E-state index >= 15 is 0 Å². The fourth-order valence-corrected chi connectivity index (χ4v) is 4.29. The van der Waals surface area contributed by atoms with Crippen LogP contribution in [0, 0.1) is 0 Å². The van der Waals surface area contributed by atoms with E-state index in [1.165, 1.54) is 19.8 Å². The van der Waals surface area contributed by atoms with Crippen molar-refractivity contribution in [2.24, 2.45) is 0 Å². The number of fused-ring (bicyclic) bond motifs is 1. The van der Waals surface area contributed by atoms with E-state index in [-0.39, 0.29) is 11.8 Å². The Bertz CT molecular complexity index is 1110. The van der Waals surface area contributed by atoms with Crippen LogP contribution in [0.5, 0.6) is 0 Å². The van der Waals surface area contributed by atoms with E-state index in [1.807, 2.05) is 10.9 Å². The number of nitrogens with one attached hydrogen (secondary N) is 2. The SMILES string of the molecule is CCSc1nc(N2CCCC2)c2cnn(CCNC(=O)c3ccc(NC(C)=O)cc3)c2n1. The topological polar surface area (TPSA) is 105 Å². The van der Waals surface area contributed by atoms with Gasteiger partial charge in [0.1, 0.15) is 5.82 Å². The number of thioether (sulfide) groups is 1. The molecular formula is C22H27N7O2S. The highest BCUT2D eigenvalue weighted by Crippen LogP contribution is 2.29. The van der Waals surface area contributed by atoms with Gasteiger partial charge in [0, 0.05) is 37.8 Å². The number of nitrogens with zero attached hydrogens (tertiary/aromatic N) is 5. The van der Waals surface area contributed by atoms with Gasteiger partial charge in [0.15, 0.2) is 10.8 Å². The highest BCUT2D eigenvalue weighted by molar-refractivity contribution is 7.99. The fraction of sp³-hybridized carbons (Fsp3) is 0.409. The van der Waals surface area contributed by atoms with E-state index in [0.29, 0.717) is 24.3 Å². The Balaban J connectivity index is 1.45. The summed E-state index contributed by atoms with van der Waals surface area (Å²) < 4.78 is 1.83. The minimum absolute atomic E-state index is 0.147. The zero-order valence-corrected chi connectivity index (χ0v) is 19.1. The molecule has 1 aliphatic rings. The van der Waals surface area contributed by atoms with Crippen molar-refractivity contribution in [3.8, 4) is 0 Å². The molecule has 0 unspecified atom stereocenters. The summed E-state index contributed by atoms with van der Waals surface area (Å²) in [5.74, 6) is 1.53. The van der Waals surface area contributed by atoms with E-state index in [2.05, 4.69) is 27.6 Å². The van der Waals surface area contributed by atoms with E-state index < -0.39 is 0 Å². The summed E-state index contributed by atoms with van der Waals surface area (Å²) in [7, 11) is 0. The maximum atomic E-state index is 12.5. The van der Waals surface area contributed by atoms with Crippen LogP contribution >= 0.6 is 11.8 Å². The van der Waals surface area contributed by atoms with E-state index in [9.17, 15) is 9.59 Å². The van der Waals surface area contributed by atoms with Gasteiger partial charge in [0.25, 0.3) is 5.91 Å². The minimum atomic E-state index is -0.176. The molecule has 10 heteroatoms. The summed E-state index contributed by atoms with van der Waals surface area (Å²) in [5.41, 5.74) is 1.99. The maximum absolute atomic E-state index is 12.5. The summed E-state index contributed by atoms with van der Waals surface area (Å²) in [4.78, 5) is 35.4. The lowest BCUT2D eigenvalue weighted by molar-refractivity contribution is -0.114. The molecule has 0 atom stereocenters. The smallest absolute Gasteiger partial charge is 0.251 e. The molecule has 1 saturated heterocycles. The van der Waals surface area contributed by atoms with E-state index in [4.69, 9.17) is 9.97 Å². The highest BCUT2D eigenvalue weighted by atomic mass is 32.2. The molecule has 3 heterocycles. The molecule has 2 amide bonds. The van der Waals surface area contributed by atoms with Crippen molar-refractivity contribution in [2.45, 2.75) is 38.4 Å². The third kappa shape index (κ3) is 5.01. The lowest BCUT2D eigenvalue weighted by atomic mass is 10.2. The van der Waals surface area contributed by atoms with Gasteiger partial charge < -0.3 is 15.5 Å². The normalized spacial score (nSPS) is 13.5. The van der Waals surface area contributed by atoms with Crippen molar-refractivity contribution in [3.05, 3.63) is 36.0 Å². The summed E-state index contributed by atoms with van der Waals surface area (Å²) in [6.45, 7) is 6.47. The van der Waals surface area contributed by atoms with Crippen LogP contribution in [0.15, 0.2) is 35.6 Å². The van der Waals surface area contributed by atoms with Gasteiger partial charge in [0.2, 0.25) is 5.91 Å². The van der Waals surface area contributed by atoms with Crippen LogP contribution in [0.3, 0.4) is 0 Å². The van der Waals surface area contributed by atoms with Crippen molar-refractivity contribution in [1.82, 2.24) is 25.1 Å². The Labute approximate surface area is 191 Å². The number of carbonyl (C=O) groups is 2. The minimum Gasteiger partial charge on any atom is -0.356 e. The van der Waals surface area contributed by atoms with Crippen LogP contribution in [0.25, 0.3) is 11.0 Å². The number of aromatic nitrogens is 4. The Morgan fingerprint density at radius 1 is 1.12 bits per heavy atom. The van der Waals surface area contributed by atoms with E-state index in [1.54, 1.807) is 36.0 Å². The molecule has 4 rings (SSSR count).